The first-order valence-corrected chi connectivity index (χ1v) is 9.86. The van der Waals surface area contributed by atoms with Gasteiger partial charge in [-0.1, -0.05) is 0 Å². The number of likely N-dealkylation sites (N-methyl/N-ethyl adjacent to an activating group) is 5. The molecule has 0 saturated carbocycles. The predicted molar refractivity (Wildman–Crippen MR) is 118 cm³/mol. The second-order valence-corrected chi connectivity index (χ2v) is 6.97. The van der Waals surface area contributed by atoms with Crippen molar-refractivity contribution in [3.63, 3.8) is 0 Å². The van der Waals surface area contributed by atoms with Gasteiger partial charge in [-0.2, -0.15) is 6.41 Å². The van der Waals surface area contributed by atoms with Crippen LogP contribution in [0.1, 0.15) is 6.92 Å². The van der Waals surface area contributed by atoms with Gasteiger partial charge in [0, 0.05) is 47.8 Å². The Bertz CT molecular complexity index is 638. The van der Waals surface area contributed by atoms with Gasteiger partial charge in [0.25, 0.3) is 0 Å². The normalized spacial score (nSPS) is 9.18. The molecular formula is C19H36FmN7O6-. The average molecular weight is 716 g/mol. The second kappa shape index (κ2) is 18.5. The summed E-state index contributed by atoms with van der Waals surface area (Å²) < 4.78 is 0. The van der Waals surface area contributed by atoms with Gasteiger partial charge in [-0.3, -0.25) is 24.0 Å². The smallest absolute Gasteiger partial charge is 0.242 e. The number of carbonyl (C=O) groups is 5. The molecule has 0 aromatic heterocycles. The molecule has 0 fully saturated rings. The summed E-state index contributed by atoms with van der Waals surface area (Å²) in [6.07, 6.45) is 2.18. The van der Waals surface area contributed by atoms with Crippen LogP contribution in [0, 0.1) is 0 Å². The Morgan fingerprint density at radius 3 is 1.42 bits per heavy atom. The first-order chi connectivity index (χ1) is 14.9. The molecule has 0 rings (SSSR count). The maximum Gasteiger partial charge on any atom is 0.242 e. The third kappa shape index (κ3) is 15.3. The first-order valence-electron chi connectivity index (χ1n) is 9.86. The summed E-state index contributed by atoms with van der Waals surface area (Å²) in [5, 5.41) is 2.39. The van der Waals surface area contributed by atoms with Gasteiger partial charge >= 0.3 is 0 Å². The molecule has 196 valence electrons. The van der Waals surface area contributed by atoms with E-state index in [1.165, 1.54) is 47.8 Å². The van der Waals surface area contributed by atoms with E-state index in [1.54, 1.807) is 13.5 Å². The summed E-state index contributed by atoms with van der Waals surface area (Å²) in [6.45, 7) is 2.76. The van der Waals surface area contributed by atoms with Crippen molar-refractivity contribution in [1.82, 2.24) is 29.8 Å². The minimum atomic E-state index is -0.433. The Balaban J connectivity index is -0.00000113. The fourth-order valence-electron chi connectivity index (χ4n) is 1.91. The van der Waals surface area contributed by atoms with Gasteiger partial charge in [0.15, 0.2) is 0 Å². The van der Waals surface area contributed by atoms with Crippen LogP contribution in [0.15, 0.2) is 0 Å². The maximum atomic E-state index is 12.1. The van der Waals surface area contributed by atoms with Crippen LogP contribution in [0.2, 0.25) is 0 Å². The molecular weight excluding hydrogens is 679 g/mol. The van der Waals surface area contributed by atoms with E-state index in [4.69, 9.17) is 5.73 Å². The van der Waals surface area contributed by atoms with Crippen LogP contribution in [-0.2, 0) is 28.8 Å². The molecule has 33 heavy (non-hydrogen) atoms. The molecule has 0 unspecified atom stereocenters. The van der Waals surface area contributed by atoms with Crippen LogP contribution < -0.4 is 11.1 Å². The van der Waals surface area contributed by atoms with Crippen LogP contribution >= 0.6 is 0 Å². The SMILES string of the molecule is CCN(C)C(=O)CN(C)C(=O)CN(C)C(=O)CN(C)C(=O)CN(C)[C-]=O.NCCNC=O.[Fm]. The summed E-state index contributed by atoms with van der Waals surface area (Å²) in [4.78, 5) is 73.9. The number of hydrogen-bond acceptors (Lipinski definition) is 7. The van der Waals surface area contributed by atoms with Crippen molar-refractivity contribution in [2.24, 2.45) is 5.73 Å². The van der Waals surface area contributed by atoms with E-state index in [0.717, 1.165) is 4.90 Å². The number of amides is 6. The van der Waals surface area contributed by atoms with E-state index < -0.39 is 11.8 Å². The van der Waals surface area contributed by atoms with Crippen LogP contribution in [-0.4, -0.2) is 142 Å². The minimum absolute atomic E-state index is 0. The monoisotopic (exact) mass is 715 g/mol. The third-order valence-corrected chi connectivity index (χ3v) is 4.19. The molecule has 13 nitrogen and oxygen atoms in total. The van der Waals surface area contributed by atoms with Gasteiger partial charge in [-0.05, 0) is 14.0 Å². The molecule has 6 amide bonds. The summed E-state index contributed by atoms with van der Waals surface area (Å²) in [5.41, 5.74) is 4.99. The summed E-state index contributed by atoms with van der Waals surface area (Å²) in [6, 6.07) is 0. The molecule has 0 aliphatic rings. The fourth-order valence-corrected chi connectivity index (χ4v) is 1.91. The molecule has 0 aromatic rings. The maximum absolute atomic E-state index is 12.1. The molecule has 0 aliphatic heterocycles. The van der Waals surface area contributed by atoms with E-state index >= 15 is 0 Å². The Hall–Kier alpha value is -4.22. The topological polar surface area (TPSA) is 157 Å². The molecule has 0 atom stereocenters. The van der Waals surface area contributed by atoms with Crippen molar-refractivity contribution in [3.05, 3.63) is 0 Å². The molecule has 0 spiro atoms. The molecule has 0 saturated heterocycles. The minimum Gasteiger partial charge on any atom is -0.520 e. The molecule has 0 bridgehead atoms. The van der Waals surface area contributed by atoms with Crippen molar-refractivity contribution in [1.29, 1.82) is 0 Å². The Morgan fingerprint density at radius 1 is 0.788 bits per heavy atom. The van der Waals surface area contributed by atoms with E-state index in [2.05, 4.69) is 5.32 Å². The van der Waals surface area contributed by atoms with Crippen molar-refractivity contribution in [2.75, 3.05) is 81.1 Å². The number of rotatable bonds is 13. The first kappa shape index (κ1) is 33.4. The zero-order valence-electron chi connectivity index (χ0n) is 20.1. The molecule has 0 aromatic carbocycles. The second-order valence-electron chi connectivity index (χ2n) is 6.97. The average Bonchev–Trinajstić information content (AvgIpc) is 2.76. The number of nitrogens with zero attached hydrogens (tertiary/aromatic N) is 5. The Morgan fingerprint density at radius 2 is 1.15 bits per heavy atom. The summed E-state index contributed by atoms with van der Waals surface area (Å²) in [7, 11) is 7.41. The van der Waals surface area contributed by atoms with Gasteiger partial charge in [0.05, 0.1) is 26.2 Å². The van der Waals surface area contributed by atoms with E-state index in [-0.39, 0.29) is 38.0 Å². The van der Waals surface area contributed by atoms with Crippen molar-refractivity contribution in [3.8, 4) is 0 Å². The molecule has 0 aliphatic carbocycles. The zero-order valence-corrected chi connectivity index (χ0v) is 22.5. The van der Waals surface area contributed by atoms with Crippen molar-refractivity contribution in [2.45, 2.75) is 6.92 Å². The van der Waals surface area contributed by atoms with Crippen LogP contribution in [0.4, 0.5) is 0 Å². The van der Waals surface area contributed by atoms with Gasteiger partial charge in [0.1, 0.15) is 0 Å². The number of nitrogens with two attached hydrogens (primary N) is 1. The Labute approximate surface area is 189 Å². The number of carbonyl (C=O) groups excluding carboxylic acids is 6. The molecule has 0 heterocycles. The van der Waals surface area contributed by atoms with E-state index in [0.29, 0.717) is 26.0 Å². The molecule has 14 heteroatoms. The van der Waals surface area contributed by atoms with Crippen LogP contribution in [0.25, 0.3) is 0 Å². The number of nitrogens with one attached hydrogen (secondary N) is 1. The largest absolute Gasteiger partial charge is 0.520 e. The summed E-state index contributed by atoms with van der Waals surface area (Å²) in [5.74, 6) is -1.44. The third-order valence-electron chi connectivity index (χ3n) is 4.19. The van der Waals surface area contributed by atoms with Gasteiger partial charge in [-0.15, -0.1) is 0 Å². The predicted octanol–water partition coefficient (Wildman–Crippen LogP) is -3.47. The van der Waals surface area contributed by atoms with Crippen molar-refractivity contribution >= 4 is 36.4 Å². The fraction of sp³-hybridized carbons (Fsp3) is 0.684. The number of hydrogen-bond donors (Lipinski definition) is 2. The van der Waals surface area contributed by atoms with Gasteiger partial charge < -0.3 is 40.3 Å². The van der Waals surface area contributed by atoms with Crippen molar-refractivity contribution < 1.29 is 28.8 Å². The van der Waals surface area contributed by atoms with Crippen LogP contribution in [0.5, 0.6) is 0 Å². The molecule has 3 N–H and O–H groups in total. The standard InChI is InChI=1S/C16H28N5O5.C3H8N2O.Fm/c1-7-18(3)14(24)9-20(5)16(26)11-21(6)15(25)10-19(4)13(23)8-17(2)12-22;4-1-2-5-3-6;/h7-11H2,1-6H3;3H,1-2,4H2,(H,5,6);/q-1;;. The van der Waals surface area contributed by atoms with E-state index in [1.807, 2.05) is 6.92 Å². The molecule has 0 radical (unpaired) electrons. The van der Waals surface area contributed by atoms with Gasteiger partial charge in [0.2, 0.25) is 30.0 Å². The van der Waals surface area contributed by atoms with Gasteiger partial charge in [-0.25, -0.2) is 0 Å². The van der Waals surface area contributed by atoms with E-state index in [9.17, 15) is 28.8 Å². The zero-order chi connectivity index (χ0) is 25.3. The Kier molecular flexibility index (Phi) is 18.8. The quantitative estimate of drug-likeness (QED) is 0.0870. The van der Waals surface area contributed by atoms with Crippen LogP contribution in [0.3, 0.4) is 0 Å². The summed E-state index contributed by atoms with van der Waals surface area (Å²) >= 11 is 0.